The third-order valence-electron chi connectivity index (χ3n) is 12.0. The van der Waals surface area contributed by atoms with Crippen LogP contribution in [0.15, 0.2) is 59.1 Å². The number of hydrogen-bond acceptors (Lipinski definition) is 10. The zero-order chi connectivity index (χ0) is 39.6. The number of rotatable bonds is 9. The fourth-order valence-corrected chi connectivity index (χ4v) is 11.4. The minimum absolute atomic E-state index is 0.0785. The monoisotopic (exact) mass is 808 g/mol. The summed E-state index contributed by atoms with van der Waals surface area (Å²) in [5.74, 6) is -0.767. The van der Waals surface area contributed by atoms with Crippen molar-refractivity contribution in [3.63, 3.8) is 0 Å². The number of ketones is 1. The van der Waals surface area contributed by atoms with Gasteiger partial charge in [-0.05, 0) is 91.3 Å². The predicted molar refractivity (Wildman–Crippen MR) is 216 cm³/mol. The van der Waals surface area contributed by atoms with Crippen LogP contribution < -0.4 is 14.4 Å². The number of halogens is 1. The highest BCUT2D eigenvalue weighted by Crippen LogP contribution is 2.47. The van der Waals surface area contributed by atoms with Crippen molar-refractivity contribution in [1.82, 2.24) is 9.78 Å². The molecule has 2 aliphatic heterocycles. The molecule has 4 aliphatic rings. The van der Waals surface area contributed by atoms with Crippen LogP contribution in [0.5, 0.6) is 11.6 Å². The van der Waals surface area contributed by atoms with E-state index in [0.29, 0.717) is 38.0 Å². The summed E-state index contributed by atoms with van der Waals surface area (Å²) in [4.78, 5) is 30.5. The minimum atomic E-state index is -3.52. The summed E-state index contributed by atoms with van der Waals surface area (Å²) in [5.41, 5.74) is 3.45. The van der Waals surface area contributed by atoms with Gasteiger partial charge >= 0.3 is 0 Å². The van der Waals surface area contributed by atoms with E-state index in [1.807, 2.05) is 31.2 Å². The van der Waals surface area contributed by atoms with E-state index in [0.717, 1.165) is 49.4 Å². The number of carbonyl (C=O) groups excluding carboxylic acids is 2. The lowest BCUT2D eigenvalue weighted by Crippen LogP contribution is -2.49. The summed E-state index contributed by atoms with van der Waals surface area (Å²) < 4.78 is 50.7. The van der Waals surface area contributed by atoms with Gasteiger partial charge in [0, 0.05) is 62.3 Å². The molecule has 2 bridgehead atoms. The lowest BCUT2D eigenvalue weighted by molar-refractivity contribution is 0.00694. The van der Waals surface area contributed by atoms with Crippen molar-refractivity contribution in [2.24, 2.45) is 29.2 Å². The molecule has 0 unspecified atom stereocenters. The molecule has 1 fully saturated rings. The Balaban J connectivity index is 1.33. The molecule has 0 saturated heterocycles. The largest absolute Gasteiger partial charge is 0.490 e. The quantitative estimate of drug-likeness (QED) is 0.138. The van der Waals surface area contributed by atoms with E-state index in [9.17, 15) is 9.59 Å². The summed E-state index contributed by atoms with van der Waals surface area (Å²) in [6, 6.07) is 11.5. The molecule has 302 valence electrons. The van der Waals surface area contributed by atoms with Crippen LogP contribution in [-0.2, 0) is 42.8 Å². The second-order valence-electron chi connectivity index (χ2n) is 15.8. The van der Waals surface area contributed by atoms with E-state index in [2.05, 4.69) is 32.6 Å². The Labute approximate surface area is 335 Å². The Kier molecular flexibility index (Phi) is 12.3. The van der Waals surface area contributed by atoms with Gasteiger partial charge in [0.15, 0.2) is 5.78 Å². The number of hydrogen-bond donors (Lipinski definition) is 0. The molecule has 7 rings (SSSR count). The first-order valence-electron chi connectivity index (χ1n) is 19.4. The van der Waals surface area contributed by atoms with E-state index in [4.69, 9.17) is 35.3 Å². The van der Waals surface area contributed by atoms with Crippen LogP contribution in [0.4, 0.5) is 5.69 Å². The third kappa shape index (κ3) is 8.43. The van der Waals surface area contributed by atoms with Crippen molar-refractivity contribution in [3.8, 4) is 11.6 Å². The van der Waals surface area contributed by atoms with Gasteiger partial charge < -0.3 is 28.6 Å². The molecule has 3 heterocycles. The number of fused-ring (bicyclic) bond motifs is 4. The topological polar surface area (TPSA) is 131 Å². The molecule has 1 spiro atoms. The van der Waals surface area contributed by atoms with E-state index in [1.165, 1.54) is 29.1 Å². The molecule has 14 heteroatoms. The van der Waals surface area contributed by atoms with Crippen LogP contribution in [0.3, 0.4) is 0 Å². The maximum atomic E-state index is 15.1. The summed E-state index contributed by atoms with van der Waals surface area (Å²) in [6.45, 7) is 4.46. The summed E-state index contributed by atoms with van der Waals surface area (Å²) in [6.07, 6.45) is 9.83. The highest BCUT2D eigenvalue weighted by Gasteiger charge is 2.44. The lowest BCUT2D eigenvalue weighted by Gasteiger charge is -2.46. The first-order valence-corrected chi connectivity index (χ1v) is 21.7. The zero-order valence-corrected chi connectivity index (χ0v) is 34.5. The number of ether oxygens (including phenoxy) is 5. The second kappa shape index (κ2) is 17.0. The molecule has 7 atom stereocenters. The van der Waals surface area contributed by atoms with Gasteiger partial charge in [-0.15, -0.1) is 5.10 Å². The number of benzene rings is 2. The third-order valence-corrected chi connectivity index (χ3v) is 14.5. The SMILES string of the molecule is COCCO[C@H]1/C=C/[C@H](OC)[C@@H]2CC[C@H]2CN2C[C@@]3(CCCc4cc(Cl)ccc43)COc3ccc(cc32)C(=O)N=[S@](=O)(CC(=O)c2cn(C)nc2OC)C[C@H]1C. The standard InChI is InChI=1S/C42H53ClN4O8S/c1-27-23-56(50,24-36(48)33-22-46(2)44-41(33)53-5)45-40(49)29-9-13-39-35(20-29)47(25-42(26-55-39)16-6-7-28-19-31(43)10-12-34(28)42)21-30-8-11-32(30)38(52-4)15-14-37(27)54-18-17-51-3/h9-10,12-15,19-20,22,27,30,32,37-38H,6-8,11,16-18,21,23-26H2,1-5H3/b15-14+/t27-,30+,32-,37+,38+,42+,56-/m1/s1. The van der Waals surface area contributed by atoms with Crippen molar-refractivity contribution in [1.29, 1.82) is 0 Å². The molecule has 56 heavy (non-hydrogen) atoms. The van der Waals surface area contributed by atoms with E-state index >= 15 is 4.21 Å². The number of Topliss-reactive ketones (excluding diaryl/α,β-unsaturated/α-hetero) is 1. The Morgan fingerprint density at radius 2 is 1.91 bits per heavy atom. The Bertz CT molecular complexity index is 2100. The van der Waals surface area contributed by atoms with Gasteiger partial charge in [0.05, 0.1) is 60.3 Å². The van der Waals surface area contributed by atoms with Crippen LogP contribution >= 0.6 is 11.6 Å². The van der Waals surface area contributed by atoms with Crippen molar-refractivity contribution in [3.05, 3.63) is 82.0 Å². The lowest BCUT2D eigenvalue weighted by atomic mass is 9.68. The fraction of sp³-hybridized carbons (Fsp3) is 0.548. The molecule has 0 radical (unpaired) electrons. The molecular formula is C42H53ClN4O8S. The average molecular weight is 809 g/mol. The highest BCUT2D eigenvalue weighted by atomic mass is 35.5. The first kappa shape index (κ1) is 40.4. The number of nitrogens with zero attached hydrogens (tertiary/aromatic N) is 4. The van der Waals surface area contributed by atoms with Crippen LogP contribution in [0, 0.1) is 17.8 Å². The van der Waals surface area contributed by atoms with Crippen molar-refractivity contribution in [2.75, 3.05) is 70.6 Å². The van der Waals surface area contributed by atoms with Crippen LogP contribution in [0.25, 0.3) is 0 Å². The number of methoxy groups -OCH3 is 3. The van der Waals surface area contributed by atoms with Crippen LogP contribution in [-0.4, -0.2) is 104 Å². The number of carbonyl (C=O) groups is 2. The minimum Gasteiger partial charge on any atom is -0.490 e. The molecule has 2 aliphatic carbocycles. The van der Waals surface area contributed by atoms with Crippen molar-refractivity contribution >= 4 is 38.7 Å². The van der Waals surface area contributed by atoms with Gasteiger partial charge in [-0.2, -0.15) is 4.36 Å². The van der Waals surface area contributed by atoms with Crippen molar-refractivity contribution < 1.29 is 37.5 Å². The van der Waals surface area contributed by atoms with Gasteiger partial charge in [-0.25, -0.2) is 4.21 Å². The smallest absolute Gasteiger partial charge is 0.285 e. The van der Waals surface area contributed by atoms with E-state index in [1.54, 1.807) is 27.3 Å². The Morgan fingerprint density at radius 1 is 1.09 bits per heavy atom. The molecular weight excluding hydrogens is 756 g/mol. The number of aryl methyl sites for hydroxylation is 2. The summed E-state index contributed by atoms with van der Waals surface area (Å²) in [7, 11) is 2.92. The van der Waals surface area contributed by atoms with Crippen LogP contribution in [0.1, 0.15) is 64.4 Å². The van der Waals surface area contributed by atoms with Gasteiger partial charge in [-0.1, -0.05) is 36.7 Å². The number of amides is 1. The average Bonchev–Trinajstić information content (AvgIpc) is 3.48. The fourth-order valence-electron chi connectivity index (χ4n) is 9.01. The van der Waals surface area contributed by atoms with Crippen LogP contribution in [0.2, 0.25) is 5.02 Å². The zero-order valence-electron chi connectivity index (χ0n) is 32.9. The van der Waals surface area contributed by atoms with Gasteiger partial charge in [0.2, 0.25) is 5.88 Å². The number of anilines is 1. The molecule has 1 saturated carbocycles. The van der Waals surface area contributed by atoms with Crippen molar-refractivity contribution in [2.45, 2.75) is 56.7 Å². The molecule has 1 amide bonds. The first-order chi connectivity index (χ1) is 26.9. The normalized spacial score (nSPS) is 29.6. The second-order valence-corrected chi connectivity index (χ2v) is 18.6. The number of aromatic nitrogens is 2. The maximum absolute atomic E-state index is 15.1. The molecule has 2 aromatic carbocycles. The summed E-state index contributed by atoms with van der Waals surface area (Å²) >= 11 is 6.49. The van der Waals surface area contributed by atoms with E-state index < -0.39 is 39.2 Å². The van der Waals surface area contributed by atoms with Gasteiger partial charge in [-0.3, -0.25) is 14.3 Å². The van der Waals surface area contributed by atoms with E-state index in [-0.39, 0.29) is 40.2 Å². The Morgan fingerprint density at radius 3 is 2.66 bits per heavy atom. The summed E-state index contributed by atoms with van der Waals surface area (Å²) in [5, 5.41) is 4.94. The van der Waals surface area contributed by atoms with Gasteiger partial charge in [0.25, 0.3) is 5.91 Å². The Hall–Kier alpha value is -3.75. The molecule has 3 aromatic rings. The predicted octanol–water partition coefficient (Wildman–Crippen LogP) is 6.33. The molecule has 0 N–H and O–H groups in total. The maximum Gasteiger partial charge on any atom is 0.285 e. The molecule has 1 aromatic heterocycles. The molecule has 12 nitrogen and oxygen atoms in total. The van der Waals surface area contributed by atoms with Gasteiger partial charge in [0.1, 0.15) is 11.3 Å². The highest BCUT2D eigenvalue weighted by molar-refractivity contribution is 7.94.